The average molecular weight is 393 g/mol. The minimum absolute atomic E-state index is 0.0314. The van der Waals surface area contributed by atoms with E-state index in [1.807, 2.05) is 13.1 Å². The predicted molar refractivity (Wildman–Crippen MR) is 118 cm³/mol. The Balaban J connectivity index is 2.09. The van der Waals surface area contributed by atoms with E-state index >= 15 is 0 Å². The van der Waals surface area contributed by atoms with Gasteiger partial charge in [0.25, 0.3) is 0 Å². The van der Waals surface area contributed by atoms with Gasteiger partial charge in [-0.1, -0.05) is 64.0 Å². The first-order valence-electron chi connectivity index (χ1n) is 11.3. The van der Waals surface area contributed by atoms with Crippen LogP contribution in [0.25, 0.3) is 0 Å². The molecule has 1 rings (SSSR count). The highest BCUT2D eigenvalue weighted by atomic mass is 16.4. The number of hydrogen-bond acceptors (Lipinski definition) is 3. The minimum atomic E-state index is -0.843. The van der Waals surface area contributed by atoms with Gasteiger partial charge in [0, 0.05) is 13.3 Å². The van der Waals surface area contributed by atoms with Gasteiger partial charge in [-0.3, -0.25) is 5.73 Å². The fraction of sp³-hybridized carbons (Fsp3) is 0.739. The van der Waals surface area contributed by atoms with E-state index in [2.05, 4.69) is 24.1 Å². The molecule has 1 aliphatic heterocycles. The molecule has 1 aliphatic rings. The molecule has 5 heteroatoms. The van der Waals surface area contributed by atoms with Crippen LogP contribution >= 0.6 is 0 Å². The van der Waals surface area contributed by atoms with Crippen molar-refractivity contribution in [3.05, 3.63) is 24.6 Å². The zero-order valence-corrected chi connectivity index (χ0v) is 18.1. The topological polar surface area (TPSA) is 75.7 Å². The van der Waals surface area contributed by atoms with Gasteiger partial charge in [0.15, 0.2) is 6.54 Å². The number of amidine groups is 1. The molecular weight excluding hydrogens is 350 g/mol. The predicted octanol–water partition coefficient (Wildman–Crippen LogP) is 5.72. The summed E-state index contributed by atoms with van der Waals surface area (Å²) < 4.78 is 0.163. The van der Waals surface area contributed by atoms with Crippen molar-refractivity contribution in [2.24, 2.45) is 10.7 Å². The van der Waals surface area contributed by atoms with E-state index in [0.717, 1.165) is 31.5 Å². The monoisotopic (exact) mass is 392 g/mol. The van der Waals surface area contributed by atoms with Crippen LogP contribution in [0.15, 0.2) is 29.5 Å². The quantitative estimate of drug-likeness (QED) is 0.189. The van der Waals surface area contributed by atoms with Gasteiger partial charge in [-0.15, -0.1) is 0 Å². The smallest absolute Gasteiger partial charge is 0.360 e. The number of nitrogens with zero attached hydrogens (tertiary/aromatic N) is 2. The van der Waals surface area contributed by atoms with Crippen LogP contribution < -0.4 is 5.73 Å². The molecule has 0 radical (unpaired) electrons. The maximum atomic E-state index is 11.2. The van der Waals surface area contributed by atoms with Crippen LogP contribution in [0.4, 0.5) is 0 Å². The molecule has 0 aromatic rings. The van der Waals surface area contributed by atoms with Crippen molar-refractivity contribution >= 4 is 11.8 Å². The highest BCUT2D eigenvalue weighted by Crippen LogP contribution is 2.23. The zero-order valence-electron chi connectivity index (χ0n) is 18.1. The summed E-state index contributed by atoms with van der Waals surface area (Å²) in [5.41, 5.74) is 6.09. The van der Waals surface area contributed by atoms with Crippen molar-refractivity contribution in [2.45, 2.75) is 103 Å². The van der Waals surface area contributed by atoms with Gasteiger partial charge in [-0.2, -0.15) is 0 Å². The fourth-order valence-electron chi connectivity index (χ4n) is 3.76. The lowest BCUT2D eigenvalue weighted by Crippen LogP contribution is -2.59. The number of aliphatic carboxylic acids is 1. The Bertz CT molecular complexity index is 526. The van der Waals surface area contributed by atoms with Gasteiger partial charge < -0.3 is 5.11 Å². The van der Waals surface area contributed by atoms with E-state index in [9.17, 15) is 9.90 Å². The molecule has 1 heterocycles. The van der Waals surface area contributed by atoms with Crippen LogP contribution in [0.1, 0.15) is 97.3 Å². The number of quaternary nitrogens is 1. The number of nitrogens with two attached hydrogens (primary N) is 1. The van der Waals surface area contributed by atoms with Gasteiger partial charge >= 0.3 is 5.97 Å². The molecule has 0 saturated carbocycles. The molecule has 2 unspecified atom stereocenters. The van der Waals surface area contributed by atoms with Crippen LogP contribution in [0.3, 0.4) is 0 Å². The second kappa shape index (κ2) is 14.5. The first-order chi connectivity index (χ1) is 13.5. The number of carboxylic acid groups (broad SMARTS) is 1. The van der Waals surface area contributed by atoms with Crippen molar-refractivity contribution in [3.63, 3.8) is 0 Å². The van der Waals surface area contributed by atoms with Gasteiger partial charge in [0.05, 0.1) is 6.20 Å². The first kappa shape index (κ1) is 24.6. The fourth-order valence-corrected chi connectivity index (χ4v) is 3.76. The second-order valence-corrected chi connectivity index (χ2v) is 8.05. The number of aliphatic imine (C=N–C) groups is 1. The Morgan fingerprint density at radius 1 is 1.07 bits per heavy atom. The summed E-state index contributed by atoms with van der Waals surface area (Å²) >= 11 is 0. The van der Waals surface area contributed by atoms with Crippen molar-refractivity contribution < 1.29 is 14.4 Å². The van der Waals surface area contributed by atoms with E-state index in [1.165, 1.54) is 57.8 Å². The summed E-state index contributed by atoms with van der Waals surface area (Å²) in [5, 5.41) is 9.23. The first-order valence-corrected chi connectivity index (χ1v) is 11.3. The zero-order chi connectivity index (χ0) is 20.7. The van der Waals surface area contributed by atoms with Gasteiger partial charge in [0.2, 0.25) is 5.84 Å². The molecule has 0 aromatic carbocycles. The molecule has 2 atom stereocenters. The van der Waals surface area contributed by atoms with E-state index in [4.69, 9.17) is 5.73 Å². The van der Waals surface area contributed by atoms with E-state index in [0.29, 0.717) is 0 Å². The third-order valence-corrected chi connectivity index (χ3v) is 5.57. The molecule has 0 bridgehead atoms. The normalized spacial score (nSPS) is 20.0. The number of unbranched alkanes of at least 4 members (excludes halogenated alkanes) is 10. The molecule has 0 fully saturated rings. The van der Waals surface area contributed by atoms with Crippen LogP contribution in [0, 0.1) is 0 Å². The Hall–Kier alpha value is -1.46. The summed E-state index contributed by atoms with van der Waals surface area (Å²) in [6.45, 7) is 4.08. The molecule has 5 nitrogen and oxygen atoms in total. The highest BCUT2D eigenvalue weighted by Gasteiger charge is 2.40. The number of carboxylic acids is 1. The standard InChI is InChI=1S/C23H41N3O2/c1-3-4-5-6-7-8-9-10-11-12-13-14-15-16-17-22-25-18-19-26(22,21(2)24)20-23(27)28/h10-11,18-19,21H,3-9,12-17,20,24H2,1-2H3/p+1/b11-10+. The molecule has 0 saturated heterocycles. The van der Waals surface area contributed by atoms with Gasteiger partial charge in [-0.05, 0) is 32.1 Å². The van der Waals surface area contributed by atoms with E-state index in [-0.39, 0.29) is 17.2 Å². The molecule has 160 valence electrons. The van der Waals surface area contributed by atoms with Crippen LogP contribution in [-0.2, 0) is 4.79 Å². The maximum absolute atomic E-state index is 11.2. The molecule has 0 aromatic heterocycles. The number of hydrogen-bond donors (Lipinski definition) is 2. The molecule has 0 amide bonds. The third-order valence-electron chi connectivity index (χ3n) is 5.57. The van der Waals surface area contributed by atoms with E-state index in [1.54, 1.807) is 6.20 Å². The van der Waals surface area contributed by atoms with Crippen LogP contribution in [0.2, 0.25) is 0 Å². The Morgan fingerprint density at radius 3 is 2.21 bits per heavy atom. The van der Waals surface area contributed by atoms with Gasteiger partial charge in [0.1, 0.15) is 12.4 Å². The number of rotatable bonds is 17. The Kier molecular flexibility index (Phi) is 12.8. The molecule has 3 N–H and O–H groups in total. The number of allylic oxidation sites excluding steroid dienone is 2. The molecule has 0 aliphatic carbocycles. The van der Waals surface area contributed by atoms with Crippen molar-refractivity contribution in [1.29, 1.82) is 0 Å². The third kappa shape index (κ3) is 9.16. The molecule has 28 heavy (non-hydrogen) atoms. The van der Waals surface area contributed by atoms with Crippen LogP contribution in [-0.4, -0.2) is 34.1 Å². The van der Waals surface area contributed by atoms with Crippen molar-refractivity contribution in [3.8, 4) is 0 Å². The minimum Gasteiger partial charge on any atom is -0.477 e. The van der Waals surface area contributed by atoms with E-state index < -0.39 is 5.97 Å². The largest absolute Gasteiger partial charge is 0.477 e. The summed E-state index contributed by atoms with van der Waals surface area (Å²) in [5.74, 6) is 0.0422. The summed E-state index contributed by atoms with van der Waals surface area (Å²) in [6.07, 6.45) is 23.9. The van der Waals surface area contributed by atoms with Gasteiger partial charge in [-0.25, -0.2) is 14.3 Å². The Morgan fingerprint density at radius 2 is 1.64 bits per heavy atom. The lowest BCUT2D eigenvalue weighted by molar-refractivity contribution is -0.805. The van der Waals surface area contributed by atoms with Crippen LogP contribution in [0.5, 0.6) is 0 Å². The number of carbonyl (C=O) groups is 1. The second-order valence-electron chi connectivity index (χ2n) is 8.05. The summed E-state index contributed by atoms with van der Waals surface area (Å²) in [7, 11) is 0. The average Bonchev–Trinajstić information content (AvgIpc) is 3.05. The lowest BCUT2D eigenvalue weighted by Gasteiger charge is -2.34. The molecular formula is C23H42N3O2+. The summed E-state index contributed by atoms with van der Waals surface area (Å²) in [4.78, 5) is 15.7. The lowest BCUT2D eigenvalue weighted by atomic mass is 10.1. The summed E-state index contributed by atoms with van der Waals surface area (Å²) in [6, 6.07) is 0. The van der Waals surface area contributed by atoms with Crippen molar-refractivity contribution in [2.75, 3.05) is 6.54 Å². The maximum Gasteiger partial charge on any atom is 0.360 e. The molecule has 0 spiro atoms. The van der Waals surface area contributed by atoms with Crippen molar-refractivity contribution in [1.82, 2.24) is 0 Å². The SMILES string of the molecule is CCCCCCCC/C=C/CCCCCCC1=NC=C[N+]1(CC(=O)O)C(C)N. The Labute approximate surface area is 172 Å². The highest BCUT2D eigenvalue weighted by molar-refractivity contribution is 5.81.